The Morgan fingerprint density at radius 2 is 0.712 bits per heavy atom. The van der Waals surface area contributed by atoms with Crippen LogP contribution in [0.5, 0.6) is 0 Å². The molecule has 2 nitrogen and oxygen atoms in total. The highest BCUT2D eigenvalue weighted by atomic mass is 14.9. The van der Waals surface area contributed by atoms with Crippen molar-refractivity contribution in [3.05, 3.63) is 194 Å². The predicted molar refractivity (Wildman–Crippen MR) is 219 cm³/mol. The van der Waals surface area contributed by atoms with Crippen molar-refractivity contribution in [1.82, 2.24) is 9.97 Å². The summed E-state index contributed by atoms with van der Waals surface area (Å²) in [6, 6.07) is 69.3. The number of fused-ring (bicyclic) bond motifs is 6. The zero-order valence-corrected chi connectivity index (χ0v) is 28.4. The fourth-order valence-electron chi connectivity index (χ4n) is 7.76. The average molecular weight is 661 g/mol. The summed E-state index contributed by atoms with van der Waals surface area (Å²) < 4.78 is 0. The van der Waals surface area contributed by atoms with Gasteiger partial charge in [-0.1, -0.05) is 176 Å². The molecule has 0 fully saturated rings. The minimum Gasteiger partial charge on any atom is -0.228 e. The molecule has 0 N–H and O–H groups in total. The van der Waals surface area contributed by atoms with Gasteiger partial charge in [0.15, 0.2) is 5.82 Å². The number of hydrogen-bond acceptors (Lipinski definition) is 2. The number of aromatic nitrogens is 2. The van der Waals surface area contributed by atoms with E-state index in [-0.39, 0.29) is 0 Å². The van der Waals surface area contributed by atoms with Crippen LogP contribution in [0.3, 0.4) is 0 Å². The Hall–Kier alpha value is -6.90. The van der Waals surface area contributed by atoms with Crippen LogP contribution in [-0.4, -0.2) is 9.97 Å². The van der Waals surface area contributed by atoms with Crippen LogP contribution in [0.4, 0.5) is 0 Å². The molecular weight excluding hydrogens is 629 g/mol. The first-order valence-corrected chi connectivity index (χ1v) is 17.7. The molecule has 10 rings (SSSR count). The second kappa shape index (κ2) is 12.5. The topological polar surface area (TPSA) is 25.8 Å². The van der Waals surface area contributed by atoms with Crippen molar-refractivity contribution in [3.63, 3.8) is 0 Å². The van der Waals surface area contributed by atoms with Gasteiger partial charge in [0.2, 0.25) is 0 Å². The molecule has 1 aromatic heterocycles. The zero-order valence-electron chi connectivity index (χ0n) is 28.4. The molecule has 1 heterocycles. The molecule has 0 bridgehead atoms. The van der Waals surface area contributed by atoms with Crippen LogP contribution in [0.1, 0.15) is 0 Å². The van der Waals surface area contributed by atoms with E-state index in [1.165, 1.54) is 59.8 Å². The summed E-state index contributed by atoms with van der Waals surface area (Å²) in [6.45, 7) is 0. The molecule has 9 aromatic carbocycles. The monoisotopic (exact) mass is 660 g/mol. The lowest BCUT2D eigenvalue weighted by atomic mass is 9.86. The van der Waals surface area contributed by atoms with E-state index < -0.39 is 0 Å². The summed E-state index contributed by atoms with van der Waals surface area (Å²) in [5.41, 5.74) is 9.82. The van der Waals surface area contributed by atoms with Crippen LogP contribution in [0, 0.1) is 0 Å². The van der Waals surface area contributed by atoms with Crippen molar-refractivity contribution >= 4 is 43.1 Å². The van der Waals surface area contributed by atoms with Gasteiger partial charge in [-0.2, -0.15) is 0 Å². The van der Waals surface area contributed by atoms with Crippen LogP contribution in [0.15, 0.2) is 194 Å². The van der Waals surface area contributed by atoms with Crippen molar-refractivity contribution in [1.29, 1.82) is 0 Å². The quantitative estimate of drug-likeness (QED) is 0.172. The lowest BCUT2D eigenvalue weighted by Crippen LogP contribution is -1.96. The summed E-state index contributed by atoms with van der Waals surface area (Å²) in [7, 11) is 0. The van der Waals surface area contributed by atoms with E-state index in [9.17, 15) is 0 Å². The van der Waals surface area contributed by atoms with E-state index in [0.29, 0.717) is 5.82 Å². The van der Waals surface area contributed by atoms with Crippen LogP contribution in [0.2, 0.25) is 0 Å². The van der Waals surface area contributed by atoms with Crippen LogP contribution in [-0.2, 0) is 0 Å². The predicted octanol–water partition coefficient (Wildman–Crippen LogP) is 13.4. The van der Waals surface area contributed by atoms with Gasteiger partial charge in [0.25, 0.3) is 0 Å². The summed E-state index contributed by atoms with van der Waals surface area (Å²) >= 11 is 0. The maximum absolute atomic E-state index is 5.07. The molecule has 2 heteroatoms. The molecule has 0 aliphatic carbocycles. The third-order valence-electron chi connectivity index (χ3n) is 10.3. The van der Waals surface area contributed by atoms with Gasteiger partial charge >= 0.3 is 0 Å². The van der Waals surface area contributed by atoms with Gasteiger partial charge in [0.05, 0.1) is 11.4 Å². The fourth-order valence-corrected chi connectivity index (χ4v) is 7.76. The van der Waals surface area contributed by atoms with E-state index in [1.54, 1.807) is 0 Å². The lowest BCUT2D eigenvalue weighted by Gasteiger charge is -2.17. The van der Waals surface area contributed by atoms with Gasteiger partial charge in [0.1, 0.15) is 0 Å². The number of benzene rings is 9. The Kier molecular flexibility index (Phi) is 7.18. The molecule has 0 saturated heterocycles. The highest BCUT2D eigenvalue weighted by molar-refractivity contribution is 6.24. The van der Waals surface area contributed by atoms with E-state index >= 15 is 0 Å². The summed E-state index contributed by atoms with van der Waals surface area (Å²) in [5, 5.41) is 10.0. The molecule has 0 atom stereocenters. The molecule has 0 spiro atoms. The molecule has 0 aliphatic rings. The molecule has 0 saturated carbocycles. The fraction of sp³-hybridized carbons (Fsp3) is 0. The molecule has 0 aliphatic heterocycles. The van der Waals surface area contributed by atoms with Crippen LogP contribution < -0.4 is 0 Å². The standard InChI is InChI=1S/C50H32N2/c1-3-15-35(16-4-1)48-32-49(36-17-5-2-6-18-36)52-50(51-48)37-28-26-34(27-29-37)44-30-46-43-24-12-11-23-42(43)45(31-47(46)41-22-10-9-21-40(41)44)39-25-13-19-33-14-7-8-20-38(33)39/h1-32H. The van der Waals surface area contributed by atoms with Crippen molar-refractivity contribution in [2.75, 3.05) is 0 Å². The molecule has 0 unspecified atom stereocenters. The molecule has 242 valence electrons. The maximum Gasteiger partial charge on any atom is 0.160 e. The Morgan fingerprint density at radius 1 is 0.250 bits per heavy atom. The van der Waals surface area contributed by atoms with Gasteiger partial charge in [-0.15, -0.1) is 0 Å². The van der Waals surface area contributed by atoms with Gasteiger partial charge in [-0.25, -0.2) is 9.97 Å². The van der Waals surface area contributed by atoms with Gasteiger partial charge in [-0.05, 0) is 83.5 Å². The van der Waals surface area contributed by atoms with Crippen molar-refractivity contribution < 1.29 is 0 Å². The zero-order chi connectivity index (χ0) is 34.4. The third kappa shape index (κ3) is 5.12. The van der Waals surface area contributed by atoms with Gasteiger partial charge in [-0.3, -0.25) is 0 Å². The minimum absolute atomic E-state index is 0.710. The second-order valence-electron chi connectivity index (χ2n) is 13.3. The lowest BCUT2D eigenvalue weighted by molar-refractivity contribution is 1.18. The smallest absolute Gasteiger partial charge is 0.160 e. The summed E-state index contributed by atoms with van der Waals surface area (Å²) in [5.74, 6) is 0.710. The number of hydrogen-bond donors (Lipinski definition) is 0. The van der Waals surface area contributed by atoms with Crippen LogP contribution in [0.25, 0.3) is 99.2 Å². The Balaban J connectivity index is 1.14. The summed E-state index contributed by atoms with van der Waals surface area (Å²) in [6.07, 6.45) is 0. The maximum atomic E-state index is 5.07. The van der Waals surface area contributed by atoms with Gasteiger partial charge < -0.3 is 0 Å². The largest absolute Gasteiger partial charge is 0.228 e. The first-order valence-electron chi connectivity index (χ1n) is 17.7. The SMILES string of the molecule is c1ccc(-c2cc(-c3ccccc3)nc(-c3ccc(-c4cc5c6ccccc6c(-c6cccc7ccccc67)cc5c5ccccc45)cc3)n2)cc1. The Bertz CT molecular complexity index is 2870. The molecule has 0 amide bonds. The minimum atomic E-state index is 0.710. The third-order valence-corrected chi connectivity index (χ3v) is 10.3. The van der Waals surface area contributed by atoms with Crippen molar-refractivity contribution in [2.24, 2.45) is 0 Å². The van der Waals surface area contributed by atoms with Crippen molar-refractivity contribution in [2.45, 2.75) is 0 Å². The average Bonchev–Trinajstić information content (AvgIpc) is 3.23. The highest BCUT2D eigenvalue weighted by Gasteiger charge is 2.16. The first kappa shape index (κ1) is 30.0. The first-order chi connectivity index (χ1) is 25.8. The number of rotatable bonds is 5. The van der Waals surface area contributed by atoms with Gasteiger partial charge in [0, 0.05) is 16.7 Å². The van der Waals surface area contributed by atoms with E-state index in [0.717, 1.165) is 33.6 Å². The number of nitrogens with zero attached hydrogens (tertiary/aromatic N) is 2. The van der Waals surface area contributed by atoms with Crippen LogP contribution >= 0.6 is 0 Å². The molecule has 52 heavy (non-hydrogen) atoms. The normalized spacial score (nSPS) is 11.5. The summed E-state index contributed by atoms with van der Waals surface area (Å²) in [4.78, 5) is 10.1. The molecule has 0 radical (unpaired) electrons. The van der Waals surface area contributed by atoms with E-state index in [1.807, 2.05) is 12.1 Å². The van der Waals surface area contributed by atoms with E-state index in [4.69, 9.17) is 9.97 Å². The Morgan fingerprint density at radius 3 is 1.33 bits per heavy atom. The second-order valence-corrected chi connectivity index (χ2v) is 13.3. The highest BCUT2D eigenvalue weighted by Crippen LogP contribution is 2.43. The van der Waals surface area contributed by atoms with E-state index in [2.05, 4.69) is 182 Å². The van der Waals surface area contributed by atoms with Crippen molar-refractivity contribution in [3.8, 4) is 56.2 Å². The Labute approximate surface area is 302 Å². The molecule has 10 aromatic rings. The molecular formula is C50H32N2.